The summed E-state index contributed by atoms with van der Waals surface area (Å²) < 4.78 is 2.41. The molecule has 0 fully saturated rings. The van der Waals surface area contributed by atoms with Gasteiger partial charge in [-0.3, -0.25) is 0 Å². The minimum atomic E-state index is 0.874. The van der Waals surface area contributed by atoms with Crippen molar-refractivity contribution in [1.29, 1.82) is 0 Å². The van der Waals surface area contributed by atoms with Gasteiger partial charge in [-0.25, -0.2) is 0 Å². The summed E-state index contributed by atoms with van der Waals surface area (Å²) in [6.45, 7) is 0. The fraction of sp³-hybridized carbons (Fsp3) is 0.111. The first-order valence-corrected chi connectivity index (χ1v) is 6.41. The molecule has 64 valence electrons. The third-order valence-corrected chi connectivity index (χ3v) is 3.40. The van der Waals surface area contributed by atoms with Crippen LogP contribution in [-0.4, -0.2) is 5.33 Å². The standard InChI is InChI=1S/C9H7Br2I/c10-6-5-8(11)7-3-1-2-4-9(7)12/h1-5H,6H2/b8-5+. The lowest BCUT2D eigenvalue weighted by molar-refractivity contribution is 1.58. The summed E-state index contributed by atoms with van der Waals surface area (Å²) in [7, 11) is 0. The van der Waals surface area contributed by atoms with Crippen molar-refractivity contribution in [2.24, 2.45) is 0 Å². The molecule has 0 saturated heterocycles. The molecule has 1 rings (SSSR count). The Kier molecular flexibility index (Phi) is 4.82. The van der Waals surface area contributed by atoms with Crippen molar-refractivity contribution in [3.63, 3.8) is 0 Å². The molecule has 0 saturated carbocycles. The van der Waals surface area contributed by atoms with E-state index in [1.807, 2.05) is 12.1 Å². The number of hydrogen-bond donors (Lipinski definition) is 0. The summed E-state index contributed by atoms with van der Waals surface area (Å²) in [5, 5.41) is 0.874. The largest absolute Gasteiger partial charge is 0.0882 e. The quantitative estimate of drug-likeness (QED) is 0.508. The average Bonchev–Trinajstić information content (AvgIpc) is 2.05. The molecule has 0 nitrogen and oxygen atoms in total. The molecule has 1 aromatic rings. The molecule has 0 unspecified atom stereocenters. The van der Waals surface area contributed by atoms with E-state index >= 15 is 0 Å². The van der Waals surface area contributed by atoms with E-state index in [1.165, 1.54) is 9.13 Å². The van der Waals surface area contributed by atoms with Gasteiger partial charge in [-0.1, -0.05) is 56.1 Å². The summed E-state index contributed by atoms with van der Waals surface area (Å²) in [6.07, 6.45) is 2.09. The molecule has 0 bridgehead atoms. The van der Waals surface area contributed by atoms with Crippen LogP contribution in [0.1, 0.15) is 5.56 Å². The molecular formula is C9H7Br2I. The Morgan fingerprint density at radius 1 is 1.42 bits per heavy atom. The van der Waals surface area contributed by atoms with Crippen LogP contribution in [-0.2, 0) is 0 Å². The van der Waals surface area contributed by atoms with E-state index in [0.29, 0.717) is 0 Å². The smallest absolute Gasteiger partial charge is 0.0226 e. The van der Waals surface area contributed by atoms with Gasteiger partial charge in [0.1, 0.15) is 0 Å². The van der Waals surface area contributed by atoms with Crippen molar-refractivity contribution in [1.82, 2.24) is 0 Å². The van der Waals surface area contributed by atoms with Gasteiger partial charge in [0.15, 0.2) is 0 Å². The van der Waals surface area contributed by atoms with E-state index in [4.69, 9.17) is 0 Å². The van der Waals surface area contributed by atoms with Gasteiger partial charge in [0, 0.05) is 18.9 Å². The summed E-state index contributed by atoms with van der Waals surface area (Å²) in [6, 6.07) is 8.28. The van der Waals surface area contributed by atoms with Gasteiger partial charge >= 0.3 is 0 Å². The maximum Gasteiger partial charge on any atom is 0.0226 e. The molecule has 0 aromatic heterocycles. The molecule has 0 radical (unpaired) electrons. The Morgan fingerprint density at radius 2 is 2.08 bits per heavy atom. The van der Waals surface area contributed by atoms with E-state index in [-0.39, 0.29) is 0 Å². The van der Waals surface area contributed by atoms with Gasteiger partial charge in [0.2, 0.25) is 0 Å². The average molecular weight is 402 g/mol. The van der Waals surface area contributed by atoms with Crippen LogP contribution in [0.2, 0.25) is 0 Å². The molecule has 0 amide bonds. The van der Waals surface area contributed by atoms with Crippen LogP contribution in [0.5, 0.6) is 0 Å². The van der Waals surface area contributed by atoms with Crippen LogP contribution in [0.4, 0.5) is 0 Å². The topological polar surface area (TPSA) is 0 Å². The van der Waals surface area contributed by atoms with Crippen LogP contribution < -0.4 is 0 Å². The molecule has 1 aromatic carbocycles. The van der Waals surface area contributed by atoms with Crippen molar-refractivity contribution < 1.29 is 0 Å². The third kappa shape index (κ3) is 2.85. The van der Waals surface area contributed by atoms with Crippen molar-refractivity contribution in [2.75, 3.05) is 5.33 Å². The molecule has 0 aliphatic carbocycles. The van der Waals surface area contributed by atoms with E-state index < -0.39 is 0 Å². The van der Waals surface area contributed by atoms with Crippen molar-refractivity contribution in [3.8, 4) is 0 Å². The number of halogens is 3. The predicted molar refractivity (Wildman–Crippen MR) is 69.9 cm³/mol. The van der Waals surface area contributed by atoms with Crippen LogP contribution in [0.15, 0.2) is 30.3 Å². The summed E-state index contributed by atoms with van der Waals surface area (Å²) in [4.78, 5) is 0. The normalized spacial score (nSPS) is 11.8. The number of allylic oxidation sites excluding steroid dienone is 1. The van der Waals surface area contributed by atoms with Gasteiger partial charge in [0.05, 0.1) is 0 Å². The van der Waals surface area contributed by atoms with Crippen molar-refractivity contribution >= 4 is 58.9 Å². The van der Waals surface area contributed by atoms with Crippen LogP contribution >= 0.6 is 54.5 Å². The van der Waals surface area contributed by atoms with Gasteiger partial charge in [0.25, 0.3) is 0 Å². The maximum absolute atomic E-state index is 3.52. The van der Waals surface area contributed by atoms with Crippen molar-refractivity contribution in [2.45, 2.75) is 0 Å². The molecule has 12 heavy (non-hydrogen) atoms. The van der Waals surface area contributed by atoms with Gasteiger partial charge < -0.3 is 0 Å². The zero-order valence-electron chi connectivity index (χ0n) is 6.23. The Balaban J connectivity index is 3.02. The first-order chi connectivity index (χ1) is 5.75. The van der Waals surface area contributed by atoms with Gasteiger partial charge in [-0.05, 0) is 28.7 Å². The van der Waals surface area contributed by atoms with E-state index in [1.54, 1.807) is 0 Å². The van der Waals surface area contributed by atoms with Crippen LogP contribution in [0.3, 0.4) is 0 Å². The SMILES string of the molecule is BrC/C=C(/Br)c1ccccc1I. The molecular weight excluding hydrogens is 395 g/mol. The van der Waals surface area contributed by atoms with E-state index in [0.717, 1.165) is 9.81 Å². The fourth-order valence-electron chi connectivity index (χ4n) is 0.833. The first kappa shape index (κ1) is 10.7. The van der Waals surface area contributed by atoms with Crippen LogP contribution in [0, 0.1) is 3.57 Å². The third-order valence-electron chi connectivity index (χ3n) is 1.39. The summed E-state index contributed by atoms with van der Waals surface area (Å²) >= 11 is 9.22. The van der Waals surface area contributed by atoms with Crippen molar-refractivity contribution in [3.05, 3.63) is 39.5 Å². The summed E-state index contributed by atoms with van der Waals surface area (Å²) in [5.41, 5.74) is 1.25. The zero-order chi connectivity index (χ0) is 8.97. The Labute approximate surface area is 103 Å². The van der Waals surface area contributed by atoms with E-state index in [2.05, 4.69) is 72.7 Å². The van der Waals surface area contributed by atoms with Gasteiger partial charge in [-0.15, -0.1) is 0 Å². The molecule has 0 aliphatic heterocycles. The predicted octanol–water partition coefficient (Wildman–Crippen LogP) is 4.42. The van der Waals surface area contributed by atoms with Gasteiger partial charge in [-0.2, -0.15) is 0 Å². The number of rotatable bonds is 2. The molecule has 0 atom stereocenters. The molecule has 3 heteroatoms. The Hall–Kier alpha value is 0.650. The number of benzene rings is 1. The highest BCUT2D eigenvalue weighted by Gasteiger charge is 2.00. The van der Waals surface area contributed by atoms with Crippen LogP contribution in [0.25, 0.3) is 4.48 Å². The highest BCUT2D eigenvalue weighted by atomic mass is 127. The highest BCUT2D eigenvalue weighted by Crippen LogP contribution is 2.25. The monoisotopic (exact) mass is 400 g/mol. The molecule has 0 N–H and O–H groups in total. The minimum Gasteiger partial charge on any atom is -0.0882 e. The minimum absolute atomic E-state index is 0.874. The Morgan fingerprint density at radius 3 is 2.67 bits per heavy atom. The second kappa shape index (κ2) is 5.40. The summed E-state index contributed by atoms with van der Waals surface area (Å²) in [5.74, 6) is 0. The number of alkyl halides is 1. The fourth-order valence-corrected chi connectivity index (χ4v) is 3.15. The molecule has 0 heterocycles. The lowest BCUT2D eigenvalue weighted by Gasteiger charge is -2.01. The molecule has 0 aliphatic rings. The second-order valence-corrected chi connectivity index (χ2v) is 4.85. The zero-order valence-corrected chi connectivity index (χ0v) is 11.6. The van der Waals surface area contributed by atoms with E-state index in [9.17, 15) is 0 Å². The lowest BCUT2D eigenvalue weighted by Crippen LogP contribution is -1.81. The maximum atomic E-state index is 3.52. The highest BCUT2D eigenvalue weighted by molar-refractivity contribution is 14.1. The Bertz CT molecular complexity index is 294. The lowest BCUT2D eigenvalue weighted by atomic mass is 10.2. The molecule has 0 spiro atoms. The second-order valence-electron chi connectivity index (χ2n) is 2.19. The number of hydrogen-bond acceptors (Lipinski definition) is 0. The first-order valence-electron chi connectivity index (χ1n) is 3.42.